The van der Waals surface area contributed by atoms with Crippen LogP contribution in [0.5, 0.6) is 0 Å². The second-order valence-electron chi connectivity index (χ2n) is 6.06. The maximum atomic E-state index is 12.2. The zero-order valence-corrected chi connectivity index (χ0v) is 12.7. The minimum absolute atomic E-state index is 0.0429. The standard InChI is InChI=1S/C17H25N3O/c21-17(15-6-5-14-7-8-18-16(14)13-15)19-9-12-20-10-3-1-2-4-11-20/h5-6,13,18H,1-4,7-12H2,(H,19,21). The number of hydrogen-bond donors (Lipinski definition) is 2. The molecule has 3 rings (SSSR count). The smallest absolute Gasteiger partial charge is 0.251 e. The molecule has 2 N–H and O–H groups in total. The average Bonchev–Trinajstić information content (AvgIpc) is 2.82. The maximum absolute atomic E-state index is 12.2. The lowest BCUT2D eigenvalue weighted by atomic mass is 10.1. The van der Waals surface area contributed by atoms with Gasteiger partial charge in [0.2, 0.25) is 0 Å². The number of fused-ring (bicyclic) bond motifs is 1. The van der Waals surface area contributed by atoms with Gasteiger partial charge in [0, 0.05) is 30.9 Å². The van der Waals surface area contributed by atoms with E-state index in [1.807, 2.05) is 12.1 Å². The number of anilines is 1. The fourth-order valence-corrected chi connectivity index (χ4v) is 3.22. The molecule has 1 saturated heterocycles. The van der Waals surface area contributed by atoms with Crippen LogP contribution in [0.25, 0.3) is 0 Å². The van der Waals surface area contributed by atoms with Crippen molar-refractivity contribution in [3.05, 3.63) is 29.3 Å². The number of carbonyl (C=O) groups excluding carboxylic acids is 1. The van der Waals surface area contributed by atoms with E-state index in [9.17, 15) is 4.79 Å². The van der Waals surface area contributed by atoms with Crippen LogP contribution < -0.4 is 10.6 Å². The van der Waals surface area contributed by atoms with Gasteiger partial charge in [-0.25, -0.2) is 0 Å². The van der Waals surface area contributed by atoms with Crippen LogP contribution in [0.4, 0.5) is 5.69 Å². The summed E-state index contributed by atoms with van der Waals surface area (Å²) in [5.74, 6) is 0.0429. The van der Waals surface area contributed by atoms with Crippen LogP contribution >= 0.6 is 0 Å². The number of nitrogens with zero attached hydrogens (tertiary/aromatic N) is 1. The lowest BCUT2D eigenvalue weighted by Gasteiger charge is -2.19. The van der Waals surface area contributed by atoms with Crippen molar-refractivity contribution < 1.29 is 4.79 Å². The summed E-state index contributed by atoms with van der Waals surface area (Å²) in [7, 11) is 0. The highest BCUT2D eigenvalue weighted by Gasteiger charge is 2.14. The van der Waals surface area contributed by atoms with Gasteiger partial charge in [0.1, 0.15) is 0 Å². The Morgan fingerprint density at radius 1 is 1.19 bits per heavy atom. The molecule has 2 heterocycles. The van der Waals surface area contributed by atoms with Gasteiger partial charge >= 0.3 is 0 Å². The summed E-state index contributed by atoms with van der Waals surface area (Å²) < 4.78 is 0. The van der Waals surface area contributed by atoms with Gasteiger partial charge in [0.05, 0.1) is 0 Å². The second kappa shape index (κ2) is 6.94. The fraction of sp³-hybridized carbons (Fsp3) is 0.588. The number of benzene rings is 1. The number of amides is 1. The normalized spacial score (nSPS) is 18.7. The van der Waals surface area contributed by atoms with E-state index in [2.05, 4.69) is 21.6 Å². The first-order chi connectivity index (χ1) is 10.3. The molecule has 1 aromatic rings. The van der Waals surface area contributed by atoms with Crippen molar-refractivity contribution in [3.63, 3.8) is 0 Å². The molecule has 0 bridgehead atoms. The van der Waals surface area contributed by atoms with E-state index in [1.165, 1.54) is 44.3 Å². The Hall–Kier alpha value is -1.55. The number of nitrogens with one attached hydrogen (secondary N) is 2. The molecular weight excluding hydrogens is 262 g/mol. The van der Waals surface area contributed by atoms with E-state index in [0.717, 1.165) is 37.3 Å². The van der Waals surface area contributed by atoms with Crippen molar-refractivity contribution >= 4 is 11.6 Å². The van der Waals surface area contributed by atoms with Crippen LogP contribution in [0, 0.1) is 0 Å². The van der Waals surface area contributed by atoms with Gasteiger partial charge < -0.3 is 15.5 Å². The van der Waals surface area contributed by atoms with E-state index in [0.29, 0.717) is 0 Å². The lowest BCUT2D eigenvalue weighted by Crippen LogP contribution is -2.35. The molecule has 1 fully saturated rings. The van der Waals surface area contributed by atoms with Gasteiger partial charge in [-0.15, -0.1) is 0 Å². The third-order valence-electron chi connectivity index (χ3n) is 4.49. The molecule has 2 aliphatic heterocycles. The van der Waals surface area contributed by atoms with Gasteiger partial charge in [-0.1, -0.05) is 18.9 Å². The number of likely N-dealkylation sites (tertiary alicyclic amines) is 1. The molecule has 0 aromatic heterocycles. The Morgan fingerprint density at radius 3 is 2.81 bits per heavy atom. The minimum Gasteiger partial charge on any atom is -0.384 e. The van der Waals surface area contributed by atoms with Crippen LogP contribution in [0.15, 0.2) is 18.2 Å². The molecule has 0 atom stereocenters. The Bertz CT molecular complexity index is 493. The van der Waals surface area contributed by atoms with Crippen LogP contribution in [-0.2, 0) is 6.42 Å². The minimum atomic E-state index is 0.0429. The van der Waals surface area contributed by atoms with Crippen LogP contribution in [-0.4, -0.2) is 43.5 Å². The summed E-state index contributed by atoms with van der Waals surface area (Å²) in [5.41, 5.74) is 3.20. The topological polar surface area (TPSA) is 44.4 Å². The van der Waals surface area contributed by atoms with Crippen molar-refractivity contribution in [3.8, 4) is 0 Å². The molecule has 4 heteroatoms. The third kappa shape index (κ3) is 3.76. The highest BCUT2D eigenvalue weighted by molar-refractivity contribution is 5.95. The zero-order chi connectivity index (χ0) is 14.5. The highest BCUT2D eigenvalue weighted by atomic mass is 16.1. The molecule has 0 spiro atoms. The molecule has 114 valence electrons. The SMILES string of the molecule is O=C(NCCN1CCCCCC1)c1ccc2c(c1)NCC2. The van der Waals surface area contributed by atoms with Crippen LogP contribution in [0.3, 0.4) is 0 Å². The van der Waals surface area contributed by atoms with Gasteiger partial charge in [-0.2, -0.15) is 0 Å². The first kappa shape index (κ1) is 14.4. The first-order valence-corrected chi connectivity index (χ1v) is 8.20. The maximum Gasteiger partial charge on any atom is 0.251 e. The third-order valence-corrected chi connectivity index (χ3v) is 4.49. The Kier molecular flexibility index (Phi) is 4.76. The zero-order valence-electron chi connectivity index (χ0n) is 12.7. The first-order valence-electron chi connectivity index (χ1n) is 8.20. The van der Waals surface area contributed by atoms with E-state index in [4.69, 9.17) is 0 Å². The van der Waals surface area contributed by atoms with E-state index in [1.54, 1.807) is 0 Å². The Morgan fingerprint density at radius 2 is 2.00 bits per heavy atom. The fourth-order valence-electron chi connectivity index (χ4n) is 3.22. The molecule has 0 aliphatic carbocycles. The van der Waals surface area contributed by atoms with Gasteiger partial charge in [0.15, 0.2) is 0 Å². The van der Waals surface area contributed by atoms with Crippen LogP contribution in [0.2, 0.25) is 0 Å². The summed E-state index contributed by atoms with van der Waals surface area (Å²) in [6.45, 7) is 5.05. The summed E-state index contributed by atoms with van der Waals surface area (Å²) >= 11 is 0. The van der Waals surface area contributed by atoms with E-state index < -0.39 is 0 Å². The van der Waals surface area contributed by atoms with Crippen molar-refractivity contribution in [1.29, 1.82) is 0 Å². The summed E-state index contributed by atoms with van der Waals surface area (Å²) in [6.07, 6.45) is 6.36. The van der Waals surface area contributed by atoms with Crippen molar-refractivity contribution in [2.45, 2.75) is 32.1 Å². The molecule has 0 unspecified atom stereocenters. The highest BCUT2D eigenvalue weighted by Crippen LogP contribution is 2.23. The molecule has 21 heavy (non-hydrogen) atoms. The molecule has 0 saturated carbocycles. The monoisotopic (exact) mass is 287 g/mol. The summed E-state index contributed by atoms with van der Waals surface area (Å²) in [4.78, 5) is 14.7. The largest absolute Gasteiger partial charge is 0.384 e. The van der Waals surface area contributed by atoms with E-state index >= 15 is 0 Å². The molecule has 4 nitrogen and oxygen atoms in total. The lowest BCUT2D eigenvalue weighted by molar-refractivity contribution is 0.0948. The molecular formula is C17H25N3O. The quantitative estimate of drug-likeness (QED) is 0.893. The summed E-state index contributed by atoms with van der Waals surface area (Å²) in [6, 6.07) is 5.98. The summed E-state index contributed by atoms with van der Waals surface area (Å²) in [5, 5.41) is 6.37. The predicted molar refractivity (Wildman–Crippen MR) is 85.9 cm³/mol. The number of rotatable bonds is 4. The predicted octanol–water partition coefficient (Wildman–Crippen LogP) is 2.26. The van der Waals surface area contributed by atoms with Crippen molar-refractivity contribution in [2.24, 2.45) is 0 Å². The van der Waals surface area contributed by atoms with E-state index in [-0.39, 0.29) is 5.91 Å². The Labute approximate surface area is 126 Å². The van der Waals surface area contributed by atoms with Gasteiger partial charge in [-0.05, 0) is 50.0 Å². The molecule has 1 aromatic carbocycles. The number of carbonyl (C=O) groups is 1. The van der Waals surface area contributed by atoms with Crippen LogP contribution in [0.1, 0.15) is 41.6 Å². The van der Waals surface area contributed by atoms with Crippen molar-refractivity contribution in [2.75, 3.05) is 38.0 Å². The molecule has 1 amide bonds. The molecule has 2 aliphatic rings. The Balaban J connectivity index is 1.47. The van der Waals surface area contributed by atoms with Gasteiger partial charge in [0.25, 0.3) is 5.91 Å². The van der Waals surface area contributed by atoms with Gasteiger partial charge in [-0.3, -0.25) is 4.79 Å². The van der Waals surface area contributed by atoms with Crippen molar-refractivity contribution in [1.82, 2.24) is 10.2 Å². The average molecular weight is 287 g/mol. The number of hydrogen-bond acceptors (Lipinski definition) is 3. The second-order valence-corrected chi connectivity index (χ2v) is 6.06. The molecule has 0 radical (unpaired) electrons.